The summed E-state index contributed by atoms with van der Waals surface area (Å²) < 4.78 is 5.28. The number of furan rings is 1. The monoisotopic (exact) mass is 222 g/mol. The molecule has 1 aromatic heterocycles. The summed E-state index contributed by atoms with van der Waals surface area (Å²) in [6, 6.07) is 3.56. The van der Waals surface area contributed by atoms with E-state index in [9.17, 15) is 4.79 Å². The van der Waals surface area contributed by atoms with E-state index < -0.39 is 5.97 Å². The average molecular weight is 222 g/mol. The fraction of sp³-hybridized carbons (Fsp3) is 0.182. The van der Waals surface area contributed by atoms with Gasteiger partial charge in [0.05, 0.1) is 0 Å². The lowest BCUT2D eigenvalue weighted by Crippen LogP contribution is -1.98. The van der Waals surface area contributed by atoms with E-state index in [4.69, 9.17) is 9.52 Å². The quantitative estimate of drug-likeness (QED) is 0.753. The van der Waals surface area contributed by atoms with E-state index in [1.807, 2.05) is 19.9 Å². The Labute approximate surface area is 89.3 Å². The van der Waals surface area contributed by atoms with Crippen molar-refractivity contribution in [2.75, 3.05) is 0 Å². The zero-order chi connectivity index (χ0) is 11.2. The first-order valence-corrected chi connectivity index (χ1v) is 5.11. The number of carbonyl (C=O) groups is 1. The van der Waals surface area contributed by atoms with Crippen molar-refractivity contribution in [2.45, 2.75) is 13.8 Å². The molecule has 1 aromatic carbocycles. The van der Waals surface area contributed by atoms with E-state index in [-0.39, 0.29) is 5.76 Å². The van der Waals surface area contributed by atoms with Crippen molar-refractivity contribution in [3.63, 3.8) is 0 Å². The van der Waals surface area contributed by atoms with Crippen LogP contribution >= 0.6 is 9.24 Å². The Morgan fingerprint density at radius 2 is 2.00 bits per heavy atom. The summed E-state index contributed by atoms with van der Waals surface area (Å²) in [6.07, 6.45) is 0. The number of hydrogen-bond donors (Lipinski definition) is 1. The Hall–Kier alpha value is -1.34. The van der Waals surface area contributed by atoms with E-state index in [2.05, 4.69) is 9.24 Å². The fourth-order valence-corrected chi connectivity index (χ4v) is 1.97. The molecule has 15 heavy (non-hydrogen) atoms. The summed E-state index contributed by atoms with van der Waals surface area (Å²) in [6.45, 7) is 3.90. The fourth-order valence-electron chi connectivity index (χ4n) is 1.67. The van der Waals surface area contributed by atoms with Gasteiger partial charge < -0.3 is 9.52 Å². The van der Waals surface area contributed by atoms with Gasteiger partial charge in [-0.2, -0.15) is 0 Å². The van der Waals surface area contributed by atoms with Gasteiger partial charge in [0.15, 0.2) is 0 Å². The summed E-state index contributed by atoms with van der Waals surface area (Å²) in [5.41, 5.74) is 2.73. The first-order valence-electron chi connectivity index (χ1n) is 4.53. The molecule has 0 saturated heterocycles. The number of benzene rings is 1. The van der Waals surface area contributed by atoms with Crippen LogP contribution in [-0.2, 0) is 0 Å². The largest absolute Gasteiger partial charge is 0.475 e. The van der Waals surface area contributed by atoms with Crippen LogP contribution in [0.15, 0.2) is 16.5 Å². The molecule has 1 unspecified atom stereocenters. The van der Waals surface area contributed by atoms with Crippen LogP contribution in [0.3, 0.4) is 0 Å². The van der Waals surface area contributed by atoms with E-state index in [1.54, 1.807) is 6.07 Å². The van der Waals surface area contributed by atoms with Crippen molar-refractivity contribution in [2.24, 2.45) is 0 Å². The average Bonchev–Trinajstić information content (AvgIpc) is 2.59. The molecule has 0 aliphatic heterocycles. The van der Waals surface area contributed by atoms with E-state index >= 15 is 0 Å². The molecule has 1 N–H and O–H groups in total. The highest BCUT2D eigenvalue weighted by Gasteiger charge is 2.14. The molecule has 0 spiro atoms. The highest BCUT2D eigenvalue weighted by atomic mass is 31.0. The molecule has 0 aliphatic carbocycles. The topological polar surface area (TPSA) is 50.4 Å². The second-order valence-corrected chi connectivity index (χ2v) is 4.16. The molecule has 0 bridgehead atoms. The van der Waals surface area contributed by atoms with Gasteiger partial charge in [-0.15, -0.1) is 9.24 Å². The third-order valence-corrected chi connectivity index (χ3v) is 3.22. The van der Waals surface area contributed by atoms with Gasteiger partial charge in [0.25, 0.3) is 0 Å². The minimum Gasteiger partial charge on any atom is -0.475 e. The normalized spacial score (nSPS) is 10.9. The maximum absolute atomic E-state index is 10.8. The van der Waals surface area contributed by atoms with Crippen LogP contribution in [0.5, 0.6) is 0 Å². The first kappa shape index (κ1) is 10.2. The molecule has 1 heterocycles. The first-order chi connectivity index (χ1) is 7.00. The van der Waals surface area contributed by atoms with Gasteiger partial charge in [0.1, 0.15) is 5.58 Å². The molecule has 4 heteroatoms. The molecule has 0 fully saturated rings. The maximum Gasteiger partial charge on any atom is 0.371 e. The van der Waals surface area contributed by atoms with Gasteiger partial charge in [-0.05, 0) is 36.3 Å². The van der Waals surface area contributed by atoms with Crippen LogP contribution < -0.4 is 5.30 Å². The molecule has 2 aromatic rings. The van der Waals surface area contributed by atoms with Crippen molar-refractivity contribution in [3.05, 3.63) is 29.0 Å². The van der Waals surface area contributed by atoms with Crippen LogP contribution in [0, 0.1) is 13.8 Å². The summed E-state index contributed by atoms with van der Waals surface area (Å²) >= 11 is 0. The molecule has 1 atom stereocenters. The lowest BCUT2D eigenvalue weighted by molar-refractivity contribution is 0.0665. The third-order valence-electron chi connectivity index (χ3n) is 2.45. The second-order valence-electron chi connectivity index (χ2n) is 3.58. The highest BCUT2D eigenvalue weighted by molar-refractivity contribution is 7.28. The minimum atomic E-state index is -1.03. The van der Waals surface area contributed by atoms with Gasteiger partial charge in [0, 0.05) is 5.39 Å². The number of carboxylic acid groups (broad SMARTS) is 1. The molecule has 0 radical (unpaired) electrons. The van der Waals surface area contributed by atoms with Gasteiger partial charge in [-0.1, -0.05) is 6.07 Å². The van der Waals surface area contributed by atoms with Crippen molar-refractivity contribution in [1.82, 2.24) is 0 Å². The Balaban J connectivity index is 2.85. The molecule has 2 rings (SSSR count). The summed E-state index contributed by atoms with van der Waals surface area (Å²) in [7, 11) is 2.62. The van der Waals surface area contributed by atoms with Crippen molar-refractivity contribution in [1.29, 1.82) is 0 Å². The number of rotatable bonds is 1. The van der Waals surface area contributed by atoms with E-state index in [0.717, 1.165) is 21.8 Å². The highest BCUT2D eigenvalue weighted by Crippen LogP contribution is 2.24. The standard InChI is InChI=1S/C11H11O3P/c1-5-3-6(2)10(15)7-4-8(11(12)13)14-9(5)7/h3-4H,15H2,1-2H3,(H,12,13). The Bertz CT molecular complexity index is 554. The Morgan fingerprint density at radius 1 is 1.33 bits per heavy atom. The molecular weight excluding hydrogens is 211 g/mol. The lowest BCUT2D eigenvalue weighted by Gasteiger charge is -2.02. The SMILES string of the molecule is Cc1cc(C)c2oc(C(=O)O)cc2c1P. The van der Waals surface area contributed by atoms with Crippen molar-refractivity contribution in [3.8, 4) is 0 Å². The minimum absolute atomic E-state index is 0.0117. The summed E-state index contributed by atoms with van der Waals surface area (Å²) in [4.78, 5) is 10.8. The van der Waals surface area contributed by atoms with Gasteiger partial charge in [-0.3, -0.25) is 0 Å². The number of hydrogen-bond acceptors (Lipinski definition) is 2. The smallest absolute Gasteiger partial charge is 0.371 e. The molecule has 0 amide bonds. The van der Waals surface area contributed by atoms with Crippen LogP contribution in [0.4, 0.5) is 0 Å². The van der Waals surface area contributed by atoms with Crippen molar-refractivity contribution >= 4 is 31.5 Å². The van der Waals surface area contributed by atoms with Crippen LogP contribution in [-0.4, -0.2) is 11.1 Å². The molecule has 0 saturated carbocycles. The Kier molecular flexibility index (Phi) is 2.28. The molecular formula is C11H11O3P. The van der Waals surface area contributed by atoms with Crippen molar-refractivity contribution < 1.29 is 14.3 Å². The summed E-state index contributed by atoms with van der Waals surface area (Å²) in [5.74, 6) is -1.05. The van der Waals surface area contributed by atoms with Gasteiger partial charge in [-0.25, -0.2) is 4.79 Å². The number of fused-ring (bicyclic) bond motifs is 1. The predicted octanol–water partition coefficient (Wildman–Crippen LogP) is 2.25. The number of aryl methyl sites for hydroxylation is 2. The van der Waals surface area contributed by atoms with Crippen LogP contribution in [0.2, 0.25) is 0 Å². The molecule has 0 aliphatic rings. The van der Waals surface area contributed by atoms with Crippen LogP contribution in [0.25, 0.3) is 11.0 Å². The van der Waals surface area contributed by atoms with E-state index in [0.29, 0.717) is 5.58 Å². The molecule has 3 nitrogen and oxygen atoms in total. The maximum atomic E-state index is 10.8. The molecule has 78 valence electrons. The van der Waals surface area contributed by atoms with Gasteiger partial charge >= 0.3 is 5.97 Å². The lowest BCUT2D eigenvalue weighted by atomic mass is 10.1. The van der Waals surface area contributed by atoms with E-state index in [1.165, 1.54) is 0 Å². The zero-order valence-electron chi connectivity index (χ0n) is 8.50. The summed E-state index contributed by atoms with van der Waals surface area (Å²) in [5, 5.41) is 10.7. The number of aromatic carboxylic acids is 1. The number of carboxylic acids is 1. The van der Waals surface area contributed by atoms with Crippen LogP contribution in [0.1, 0.15) is 21.7 Å². The second kappa shape index (κ2) is 3.35. The predicted molar refractivity (Wildman–Crippen MR) is 62.0 cm³/mol. The zero-order valence-corrected chi connectivity index (χ0v) is 9.65. The third kappa shape index (κ3) is 1.53. The van der Waals surface area contributed by atoms with Gasteiger partial charge in [0.2, 0.25) is 5.76 Å². The Morgan fingerprint density at radius 3 is 2.60 bits per heavy atom.